The third-order valence-corrected chi connectivity index (χ3v) is 4.69. The van der Waals surface area contributed by atoms with Crippen molar-refractivity contribution in [2.24, 2.45) is 23.3 Å². The zero-order chi connectivity index (χ0) is 14.5. The summed E-state index contributed by atoms with van der Waals surface area (Å²) < 4.78 is 0. The lowest BCUT2D eigenvalue weighted by Gasteiger charge is -2.36. The Morgan fingerprint density at radius 2 is 1.90 bits per heavy atom. The summed E-state index contributed by atoms with van der Waals surface area (Å²) in [7, 11) is 0. The number of amides is 2. The minimum atomic E-state index is -0.244. The van der Waals surface area contributed by atoms with Crippen LogP contribution in [-0.2, 0) is 9.59 Å². The quantitative estimate of drug-likeness (QED) is 0.822. The van der Waals surface area contributed by atoms with E-state index in [1.54, 1.807) is 0 Å². The van der Waals surface area contributed by atoms with Crippen LogP contribution < -0.4 is 11.5 Å². The molecule has 21 heavy (non-hydrogen) atoms. The second kappa shape index (κ2) is 8.59. The van der Waals surface area contributed by atoms with E-state index in [4.69, 9.17) is 11.5 Å². The van der Waals surface area contributed by atoms with Gasteiger partial charge in [0.25, 0.3) is 0 Å². The fraction of sp³-hybridized carbons (Fsp3) is 0.867. The number of likely N-dealkylation sites (tertiary alicyclic amines) is 1. The van der Waals surface area contributed by atoms with E-state index >= 15 is 0 Å². The zero-order valence-corrected chi connectivity index (χ0v) is 13.4. The second-order valence-corrected chi connectivity index (χ2v) is 6.42. The SMILES string of the molecule is Cl.NC(=O)CCC1CCCN(C(=O)C2CCCC(N)C2)C1. The van der Waals surface area contributed by atoms with Gasteiger partial charge in [0.2, 0.25) is 11.8 Å². The van der Waals surface area contributed by atoms with Gasteiger partial charge in [0.05, 0.1) is 0 Å². The van der Waals surface area contributed by atoms with Crippen LogP contribution in [0.15, 0.2) is 0 Å². The van der Waals surface area contributed by atoms with Gasteiger partial charge >= 0.3 is 0 Å². The molecule has 1 aliphatic carbocycles. The van der Waals surface area contributed by atoms with E-state index in [-0.39, 0.29) is 36.2 Å². The Labute approximate surface area is 133 Å². The molecule has 1 saturated heterocycles. The molecule has 1 saturated carbocycles. The van der Waals surface area contributed by atoms with Crippen LogP contribution in [0.1, 0.15) is 51.4 Å². The minimum Gasteiger partial charge on any atom is -0.370 e. The van der Waals surface area contributed by atoms with E-state index in [1.165, 1.54) is 0 Å². The van der Waals surface area contributed by atoms with Crippen molar-refractivity contribution >= 4 is 24.2 Å². The van der Waals surface area contributed by atoms with Crippen LogP contribution >= 0.6 is 12.4 Å². The maximum atomic E-state index is 12.6. The van der Waals surface area contributed by atoms with Crippen molar-refractivity contribution in [3.8, 4) is 0 Å². The highest BCUT2D eigenvalue weighted by molar-refractivity contribution is 5.85. The number of hydrogen-bond donors (Lipinski definition) is 2. The lowest BCUT2D eigenvalue weighted by atomic mass is 9.84. The first-order chi connectivity index (χ1) is 9.56. The summed E-state index contributed by atoms with van der Waals surface area (Å²) >= 11 is 0. The molecule has 1 aliphatic heterocycles. The predicted molar refractivity (Wildman–Crippen MR) is 84.9 cm³/mol. The molecule has 0 aromatic heterocycles. The number of nitrogens with two attached hydrogens (primary N) is 2. The predicted octanol–water partition coefficient (Wildman–Crippen LogP) is 1.43. The van der Waals surface area contributed by atoms with Crippen LogP contribution in [0, 0.1) is 11.8 Å². The van der Waals surface area contributed by atoms with Crippen LogP contribution in [0.25, 0.3) is 0 Å². The molecular formula is C15H28ClN3O2. The van der Waals surface area contributed by atoms with Crippen molar-refractivity contribution in [2.75, 3.05) is 13.1 Å². The van der Waals surface area contributed by atoms with Gasteiger partial charge in [0.15, 0.2) is 0 Å². The molecule has 2 aliphatic rings. The van der Waals surface area contributed by atoms with E-state index in [0.29, 0.717) is 12.3 Å². The van der Waals surface area contributed by atoms with E-state index in [9.17, 15) is 9.59 Å². The van der Waals surface area contributed by atoms with E-state index in [0.717, 1.165) is 58.0 Å². The van der Waals surface area contributed by atoms with Crippen LogP contribution in [0.3, 0.4) is 0 Å². The molecule has 0 spiro atoms. The first-order valence-corrected chi connectivity index (χ1v) is 7.89. The summed E-state index contributed by atoms with van der Waals surface area (Å²) in [5.74, 6) is 0.585. The van der Waals surface area contributed by atoms with Gasteiger partial charge in [0, 0.05) is 31.5 Å². The summed E-state index contributed by atoms with van der Waals surface area (Å²) in [5, 5.41) is 0. The Balaban J connectivity index is 0.00000220. The molecule has 0 aromatic rings. The monoisotopic (exact) mass is 317 g/mol. The molecule has 3 unspecified atom stereocenters. The van der Waals surface area contributed by atoms with Gasteiger partial charge in [-0.25, -0.2) is 0 Å². The Morgan fingerprint density at radius 1 is 1.14 bits per heavy atom. The van der Waals surface area contributed by atoms with Crippen molar-refractivity contribution in [1.82, 2.24) is 4.90 Å². The molecule has 0 aromatic carbocycles. The molecule has 4 N–H and O–H groups in total. The summed E-state index contributed by atoms with van der Waals surface area (Å²) in [6.07, 6.45) is 7.30. The van der Waals surface area contributed by atoms with Gasteiger partial charge in [-0.3, -0.25) is 9.59 Å². The maximum Gasteiger partial charge on any atom is 0.225 e. The third-order valence-electron chi connectivity index (χ3n) is 4.69. The largest absolute Gasteiger partial charge is 0.370 e. The Kier molecular flexibility index (Phi) is 7.46. The topological polar surface area (TPSA) is 89.4 Å². The number of piperidine rings is 1. The fourth-order valence-electron chi connectivity index (χ4n) is 3.56. The molecule has 2 amide bonds. The second-order valence-electron chi connectivity index (χ2n) is 6.42. The lowest BCUT2D eigenvalue weighted by Crippen LogP contribution is -2.45. The van der Waals surface area contributed by atoms with Gasteiger partial charge in [-0.15, -0.1) is 12.4 Å². The van der Waals surface area contributed by atoms with Crippen molar-refractivity contribution in [1.29, 1.82) is 0 Å². The smallest absolute Gasteiger partial charge is 0.225 e. The van der Waals surface area contributed by atoms with Gasteiger partial charge in [-0.2, -0.15) is 0 Å². The molecule has 5 nitrogen and oxygen atoms in total. The van der Waals surface area contributed by atoms with Crippen LogP contribution in [0.5, 0.6) is 0 Å². The fourth-order valence-corrected chi connectivity index (χ4v) is 3.56. The van der Waals surface area contributed by atoms with E-state index in [2.05, 4.69) is 0 Å². The van der Waals surface area contributed by atoms with Crippen molar-refractivity contribution in [2.45, 2.75) is 57.4 Å². The molecule has 122 valence electrons. The zero-order valence-electron chi connectivity index (χ0n) is 12.6. The summed E-state index contributed by atoms with van der Waals surface area (Å²) in [6.45, 7) is 1.65. The number of nitrogens with zero attached hydrogens (tertiary/aromatic N) is 1. The number of carbonyl (C=O) groups excluding carboxylic acids is 2. The molecule has 1 heterocycles. The first-order valence-electron chi connectivity index (χ1n) is 7.89. The molecule has 2 fully saturated rings. The summed E-state index contributed by atoms with van der Waals surface area (Å²) in [4.78, 5) is 25.4. The van der Waals surface area contributed by atoms with Crippen molar-refractivity contribution < 1.29 is 9.59 Å². The summed E-state index contributed by atoms with van der Waals surface area (Å²) in [6, 6.07) is 0.188. The van der Waals surface area contributed by atoms with Gasteiger partial charge < -0.3 is 16.4 Å². The normalized spacial score (nSPS) is 29.6. The average molecular weight is 318 g/mol. The Hall–Kier alpha value is -0.810. The first kappa shape index (κ1) is 18.2. The van der Waals surface area contributed by atoms with Crippen LogP contribution in [0.4, 0.5) is 0 Å². The highest BCUT2D eigenvalue weighted by Gasteiger charge is 2.31. The third kappa shape index (κ3) is 5.47. The molecule has 6 heteroatoms. The van der Waals surface area contributed by atoms with E-state index < -0.39 is 0 Å². The Morgan fingerprint density at radius 3 is 2.57 bits per heavy atom. The Bertz CT molecular complexity index is 365. The van der Waals surface area contributed by atoms with Gasteiger partial charge in [0.1, 0.15) is 0 Å². The molecule has 2 rings (SSSR count). The van der Waals surface area contributed by atoms with Gasteiger partial charge in [-0.05, 0) is 44.4 Å². The number of hydrogen-bond acceptors (Lipinski definition) is 3. The number of carbonyl (C=O) groups is 2. The maximum absolute atomic E-state index is 12.6. The molecular weight excluding hydrogens is 290 g/mol. The number of halogens is 1. The van der Waals surface area contributed by atoms with Crippen LogP contribution in [-0.4, -0.2) is 35.8 Å². The highest BCUT2D eigenvalue weighted by Crippen LogP contribution is 2.28. The number of primary amides is 1. The molecule has 3 atom stereocenters. The highest BCUT2D eigenvalue weighted by atomic mass is 35.5. The standard InChI is InChI=1S/C15H27N3O2.ClH/c16-13-5-1-4-12(9-13)15(20)18-8-2-3-11(10-18)6-7-14(17)19;/h11-13H,1-10,16H2,(H2,17,19);1H. The summed E-state index contributed by atoms with van der Waals surface area (Å²) in [5.41, 5.74) is 11.2. The van der Waals surface area contributed by atoms with Crippen molar-refractivity contribution in [3.05, 3.63) is 0 Å². The molecule has 0 radical (unpaired) electrons. The van der Waals surface area contributed by atoms with E-state index in [1.807, 2.05) is 4.90 Å². The lowest BCUT2D eigenvalue weighted by molar-refractivity contribution is -0.138. The number of rotatable bonds is 4. The molecule has 0 bridgehead atoms. The minimum absolute atomic E-state index is 0. The average Bonchev–Trinajstić information content (AvgIpc) is 2.44. The van der Waals surface area contributed by atoms with Gasteiger partial charge in [-0.1, -0.05) is 6.42 Å². The van der Waals surface area contributed by atoms with Crippen molar-refractivity contribution in [3.63, 3.8) is 0 Å². The van der Waals surface area contributed by atoms with Crippen LogP contribution in [0.2, 0.25) is 0 Å².